The molecule has 1 atom stereocenters. The minimum Gasteiger partial charge on any atom is -0.469 e. The van der Waals surface area contributed by atoms with Crippen molar-refractivity contribution in [1.29, 1.82) is 0 Å². The van der Waals surface area contributed by atoms with Crippen molar-refractivity contribution >= 4 is 0 Å². The second-order valence-corrected chi connectivity index (χ2v) is 3.57. The first kappa shape index (κ1) is 9.93. The molecule has 15 heavy (non-hydrogen) atoms. The molecule has 0 saturated carbocycles. The van der Waals surface area contributed by atoms with E-state index in [1.165, 1.54) is 0 Å². The first-order valence-corrected chi connectivity index (χ1v) is 4.83. The van der Waals surface area contributed by atoms with Crippen LogP contribution in [0, 0.1) is 13.8 Å². The predicted octanol–water partition coefficient (Wildman–Crippen LogP) is 2.37. The van der Waals surface area contributed by atoms with Gasteiger partial charge in [-0.15, -0.1) is 0 Å². The van der Waals surface area contributed by atoms with Crippen molar-refractivity contribution in [3.63, 3.8) is 0 Å². The highest BCUT2D eigenvalue weighted by atomic mass is 16.3. The normalized spacial score (nSPS) is 12.7. The minimum absolute atomic E-state index is 0.656. The molecule has 0 amide bonds. The van der Waals surface area contributed by atoms with Crippen LogP contribution in [-0.4, -0.2) is 10.1 Å². The van der Waals surface area contributed by atoms with Crippen LogP contribution in [0.3, 0.4) is 0 Å². The zero-order valence-electron chi connectivity index (χ0n) is 8.77. The molecule has 0 spiro atoms. The maximum atomic E-state index is 10.1. The van der Waals surface area contributed by atoms with E-state index >= 15 is 0 Å². The minimum atomic E-state index is -0.656. The maximum Gasteiger partial charge on any atom is 0.109 e. The maximum absolute atomic E-state index is 10.1. The monoisotopic (exact) mass is 203 g/mol. The number of aromatic nitrogens is 1. The van der Waals surface area contributed by atoms with Crippen LogP contribution < -0.4 is 0 Å². The Balaban J connectivity index is 2.32. The van der Waals surface area contributed by atoms with E-state index < -0.39 is 6.10 Å². The number of aliphatic hydroxyl groups excluding tert-OH is 1. The Hall–Kier alpha value is -1.61. The molecule has 0 aliphatic heterocycles. The highest BCUT2D eigenvalue weighted by Crippen LogP contribution is 2.24. The molecule has 0 aromatic carbocycles. The van der Waals surface area contributed by atoms with Gasteiger partial charge in [-0.25, -0.2) is 0 Å². The van der Waals surface area contributed by atoms with E-state index in [-0.39, 0.29) is 0 Å². The number of aryl methyl sites for hydroxylation is 2. The molecule has 1 N–H and O–H groups in total. The van der Waals surface area contributed by atoms with Gasteiger partial charge in [-0.05, 0) is 26.0 Å². The highest BCUT2D eigenvalue weighted by molar-refractivity contribution is 5.29. The van der Waals surface area contributed by atoms with E-state index in [2.05, 4.69) is 4.98 Å². The third kappa shape index (κ3) is 1.92. The molecule has 3 nitrogen and oxygen atoms in total. The lowest BCUT2D eigenvalue weighted by Crippen LogP contribution is -2.00. The molecular formula is C12H13NO2. The number of rotatable bonds is 2. The van der Waals surface area contributed by atoms with E-state index in [4.69, 9.17) is 4.42 Å². The largest absolute Gasteiger partial charge is 0.469 e. The van der Waals surface area contributed by atoms with Gasteiger partial charge in [0, 0.05) is 23.0 Å². The van der Waals surface area contributed by atoms with Crippen LogP contribution in [0.15, 0.2) is 35.1 Å². The number of hydrogen-bond donors (Lipinski definition) is 1. The van der Waals surface area contributed by atoms with Crippen molar-refractivity contribution in [1.82, 2.24) is 4.98 Å². The second kappa shape index (κ2) is 3.87. The summed E-state index contributed by atoms with van der Waals surface area (Å²) < 4.78 is 5.15. The van der Waals surface area contributed by atoms with Crippen LogP contribution in [0.2, 0.25) is 0 Å². The molecule has 0 radical (unpaired) electrons. The van der Waals surface area contributed by atoms with Crippen molar-refractivity contribution in [2.45, 2.75) is 20.0 Å². The van der Waals surface area contributed by atoms with Crippen molar-refractivity contribution in [2.75, 3.05) is 0 Å². The molecule has 2 aromatic heterocycles. The summed E-state index contributed by atoms with van der Waals surface area (Å²) in [6.07, 6.45) is 2.61. The zero-order valence-corrected chi connectivity index (χ0v) is 8.77. The summed E-state index contributed by atoms with van der Waals surface area (Å²) in [6, 6.07) is 5.53. The Bertz CT molecular complexity index is 445. The molecule has 0 bridgehead atoms. The van der Waals surface area contributed by atoms with E-state index in [1.54, 1.807) is 18.5 Å². The summed E-state index contributed by atoms with van der Waals surface area (Å²) in [6.45, 7) is 3.75. The Morgan fingerprint density at radius 2 is 2.07 bits per heavy atom. The van der Waals surface area contributed by atoms with Crippen LogP contribution in [0.1, 0.15) is 28.7 Å². The molecule has 2 aromatic rings. The fourth-order valence-corrected chi connectivity index (χ4v) is 1.50. The van der Waals surface area contributed by atoms with Gasteiger partial charge in [0.2, 0.25) is 0 Å². The summed E-state index contributed by atoms with van der Waals surface area (Å²) in [5.74, 6) is 0.739. The van der Waals surface area contributed by atoms with E-state index in [0.717, 1.165) is 22.6 Å². The van der Waals surface area contributed by atoms with Crippen LogP contribution in [0.5, 0.6) is 0 Å². The smallest absolute Gasteiger partial charge is 0.109 e. The van der Waals surface area contributed by atoms with E-state index in [0.29, 0.717) is 0 Å². The van der Waals surface area contributed by atoms with Gasteiger partial charge in [-0.2, -0.15) is 0 Å². The summed E-state index contributed by atoms with van der Waals surface area (Å²) in [7, 11) is 0. The molecular weight excluding hydrogens is 190 g/mol. The predicted molar refractivity (Wildman–Crippen MR) is 56.5 cm³/mol. The SMILES string of the molecule is Cc1ccc(C(O)c2ccoc2C)cn1. The number of aliphatic hydroxyl groups is 1. The molecule has 0 aliphatic carbocycles. The van der Waals surface area contributed by atoms with Crippen molar-refractivity contribution in [2.24, 2.45) is 0 Å². The van der Waals surface area contributed by atoms with Gasteiger partial charge >= 0.3 is 0 Å². The number of pyridine rings is 1. The fourth-order valence-electron chi connectivity index (χ4n) is 1.50. The van der Waals surface area contributed by atoms with Gasteiger partial charge < -0.3 is 9.52 Å². The zero-order chi connectivity index (χ0) is 10.8. The third-order valence-electron chi connectivity index (χ3n) is 2.44. The quantitative estimate of drug-likeness (QED) is 0.815. The molecule has 1 unspecified atom stereocenters. The van der Waals surface area contributed by atoms with Gasteiger partial charge in [0.25, 0.3) is 0 Å². The van der Waals surface area contributed by atoms with Crippen molar-refractivity contribution in [3.05, 3.63) is 53.2 Å². The van der Waals surface area contributed by atoms with Gasteiger partial charge in [-0.1, -0.05) is 6.07 Å². The molecule has 0 saturated heterocycles. The number of nitrogens with zero attached hydrogens (tertiary/aromatic N) is 1. The van der Waals surface area contributed by atoms with Crippen LogP contribution in [0.4, 0.5) is 0 Å². The number of furan rings is 1. The summed E-state index contributed by atoms with van der Waals surface area (Å²) >= 11 is 0. The average molecular weight is 203 g/mol. The van der Waals surface area contributed by atoms with Crippen LogP contribution in [-0.2, 0) is 0 Å². The van der Waals surface area contributed by atoms with Crippen molar-refractivity contribution < 1.29 is 9.52 Å². The lowest BCUT2D eigenvalue weighted by Gasteiger charge is -2.09. The Labute approximate surface area is 88.4 Å². The average Bonchev–Trinajstić information content (AvgIpc) is 2.65. The molecule has 0 aliphatic rings. The van der Waals surface area contributed by atoms with Crippen LogP contribution >= 0.6 is 0 Å². The summed E-state index contributed by atoms with van der Waals surface area (Å²) in [5, 5.41) is 10.1. The molecule has 0 fully saturated rings. The molecule has 2 heterocycles. The number of hydrogen-bond acceptors (Lipinski definition) is 3. The standard InChI is InChI=1S/C12H13NO2/c1-8-3-4-10(7-13-8)12(14)11-5-6-15-9(11)2/h3-7,12,14H,1-2H3. The van der Waals surface area contributed by atoms with Gasteiger partial charge in [-0.3, -0.25) is 4.98 Å². The first-order valence-electron chi connectivity index (χ1n) is 4.83. The summed E-state index contributed by atoms with van der Waals surface area (Å²) in [5.41, 5.74) is 2.51. The lowest BCUT2D eigenvalue weighted by molar-refractivity contribution is 0.217. The Morgan fingerprint density at radius 1 is 1.27 bits per heavy atom. The molecule has 78 valence electrons. The molecule has 2 rings (SSSR count). The third-order valence-corrected chi connectivity index (χ3v) is 2.44. The second-order valence-electron chi connectivity index (χ2n) is 3.57. The lowest BCUT2D eigenvalue weighted by atomic mass is 10.0. The summed E-state index contributed by atoms with van der Waals surface area (Å²) in [4.78, 5) is 4.15. The Kier molecular flexibility index (Phi) is 2.56. The van der Waals surface area contributed by atoms with Gasteiger partial charge in [0.15, 0.2) is 0 Å². The van der Waals surface area contributed by atoms with Gasteiger partial charge in [0.1, 0.15) is 11.9 Å². The first-order chi connectivity index (χ1) is 7.18. The van der Waals surface area contributed by atoms with Gasteiger partial charge in [0.05, 0.1) is 6.26 Å². The van der Waals surface area contributed by atoms with Crippen LogP contribution in [0.25, 0.3) is 0 Å². The topological polar surface area (TPSA) is 46.3 Å². The highest BCUT2D eigenvalue weighted by Gasteiger charge is 2.14. The fraction of sp³-hybridized carbons (Fsp3) is 0.250. The van der Waals surface area contributed by atoms with E-state index in [9.17, 15) is 5.11 Å². The van der Waals surface area contributed by atoms with Crippen molar-refractivity contribution in [3.8, 4) is 0 Å². The molecule has 3 heteroatoms. The Morgan fingerprint density at radius 3 is 2.60 bits per heavy atom. The van der Waals surface area contributed by atoms with E-state index in [1.807, 2.05) is 26.0 Å².